The highest BCUT2D eigenvalue weighted by Crippen LogP contribution is 2.32. The average molecular weight is 206 g/mol. The summed E-state index contributed by atoms with van der Waals surface area (Å²) in [7, 11) is 0. The second-order valence-electron chi connectivity index (χ2n) is 3.59. The minimum absolute atomic E-state index is 0.0321. The Labute approximate surface area is 88.8 Å². The SMILES string of the molecule is CC(=O)NN1CCC1.c1cc2cc(c1)O2. The van der Waals surface area contributed by atoms with Crippen molar-refractivity contribution in [2.24, 2.45) is 0 Å². The van der Waals surface area contributed by atoms with Crippen LogP contribution in [0.1, 0.15) is 13.3 Å². The molecule has 15 heavy (non-hydrogen) atoms. The molecule has 1 fully saturated rings. The van der Waals surface area contributed by atoms with Crippen LogP contribution in [-0.2, 0) is 4.79 Å². The molecule has 3 aliphatic heterocycles. The summed E-state index contributed by atoms with van der Waals surface area (Å²) < 4.78 is 5.01. The molecule has 4 heteroatoms. The number of carbonyl (C=O) groups is 1. The monoisotopic (exact) mass is 206 g/mol. The van der Waals surface area contributed by atoms with Crippen molar-refractivity contribution >= 4 is 5.91 Å². The molecule has 0 aliphatic carbocycles. The lowest BCUT2D eigenvalue weighted by Crippen LogP contribution is -2.49. The van der Waals surface area contributed by atoms with Crippen molar-refractivity contribution in [3.05, 3.63) is 24.3 Å². The molecular weight excluding hydrogens is 192 g/mol. The fourth-order valence-electron chi connectivity index (χ4n) is 1.33. The van der Waals surface area contributed by atoms with E-state index < -0.39 is 0 Å². The number of hydrogen-bond acceptors (Lipinski definition) is 3. The molecule has 0 aromatic heterocycles. The zero-order valence-corrected chi connectivity index (χ0v) is 8.69. The number of ether oxygens (including phenoxy) is 1. The van der Waals surface area contributed by atoms with E-state index >= 15 is 0 Å². The van der Waals surface area contributed by atoms with E-state index in [9.17, 15) is 4.79 Å². The summed E-state index contributed by atoms with van der Waals surface area (Å²) in [6.07, 6.45) is 1.21. The molecule has 0 atom stereocenters. The molecule has 3 heterocycles. The van der Waals surface area contributed by atoms with E-state index in [0.717, 1.165) is 24.6 Å². The van der Waals surface area contributed by atoms with Gasteiger partial charge in [0.25, 0.3) is 0 Å². The number of carbonyl (C=O) groups excluding carboxylic acids is 1. The van der Waals surface area contributed by atoms with Gasteiger partial charge in [0.1, 0.15) is 11.5 Å². The molecule has 0 radical (unpaired) electrons. The quantitative estimate of drug-likeness (QED) is 0.769. The van der Waals surface area contributed by atoms with Crippen LogP contribution in [0.25, 0.3) is 0 Å². The molecule has 80 valence electrons. The second kappa shape index (κ2) is 4.31. The molecule has 4 rings (SSSR count). The third kappa shape index (κ3) is 2.70. The van der Waals surface area contributed by atoms with Gasteiger partial charge >= 0.3 is 0 Å². The predicted octanol–water partition coefficient (Wildman–Crippen LogP) is 1.54. The first kappa shape index (κ1) is 9.98. The highest BCUT2D eigenvalue weighted by atomic mass is 16.5. The summed E-state index contributed by atoms with van der Waals surface area (Å²) in [6.45, 7) is 3.55. The van der Waals surface area contributed by atoms with Crippen LogP contribution >= 0.6 is 0 Å². The van der Waals surface area contributed by atoms with Crippen LogP contribution in [0.4, 0.5) is 0 Å². The molecule has 0 unspecified atom stereocenters. The van der Waals surface area contributed by atoms with Crippen LogP contribution in [0.15, 0.2) is 24.3 Å². The molecule has 0 saturated carbocycles. The Morgan fingerprint density at radius 3 is 2.13 bits per heavy atom. The predicted molar refractivity (Wildman–Crippen MR) is 56.5 cm³/mol. The first-order chi connectivity index (χ1) is 7.24. The van der Waals surface area contributed by atoms with E-state index in [4.69, 9.17) is 4.74 Å². The lowest BCUT2D eigenvalue weighted by molar-refractivity contribution is -0.125. The number of nitrogens with one attached hydrogen (secondary N) is 1. The van der Waals surface area contributed by atoms with Crippen molar-refractivity contribution in [2.45, 2.75) is 13.3 Å². The standard InChI is InChI=1S/C6H4O.C5H10N2O/c1-2-5-4-6(3-1)7-5;1-5(8)6-7-3-2-4-7/h1-4H;2-4H2,1H3,(H,6,8). The number of amides is 1. The van der Waals surface area contributed by atoms with E-state index in [-0.39, 0.29) is 5.91 Å². The van der Waals surface area contributed by atoms with Crippen molar-refractivity contribution in [3.8, 4) is 11.5 Å². The number of hydrogen-bond donors (Lipinski definition) is 1. The number of hydrazine groups is 1. The van der Waals surface area contributed by atoms with Crippen molar-refractivity contribution in [1.29, 1.82) is 0 Å². The van der Waals surface area contributed by atoms with Gasteiger partial charge in [0.15, 0.2) is 0 Å². The Morgan fingerprint density at radius 2 is 2.00 bits per heavy atom. The topological polar surface area (TPSA) is 41.6 Å². The molecule has 1 amide bonds. The Morgan fingerprint density at radius 1 is 1.40 bits per heavy atom. The molecule has 4 nitrogen and oxygen atoms in total. The van der Waals surface area contributed by atoms with Crippen molar-refractivity contribution in [2.75, 3.05) is 13.1 Å². The molecular formula is C11H14N2O2. The van der Waals surface area contributed by atoms with Crippen LogP contribution < -0.4 is 10.2 Å². The van der Waals surface area contributed by atoms with Crippen molar-refractivity contribution in [3.63, 3.8) is 0 Å². The lowest BCUT2D eigenvalue weighted by Gasteiger charge is -2.30. The third-order valence-corrected chi connectivity index (χ3v) is 2.21. The molecule has 2 bridgehead atoms. The summed E-state index contributed by atoms with van der Waals surface area (Å²) in [4.78, 5) is 10.3. The van der Waals surface area contributed by atoms with Gasteiger partial charge in [-0.05, 0) is 18.6 Å². The van der Waals surface area contributed by atoms with Gasteiger partial charge in [0.05, 0.1) is 0 Å². The maximum absolute atomic E-state index is 10.3. The van der Waals surface area contributed by atoms with Crippen molar-refractivity contribution in [1.82, 2.24) is 10.4 Å². The van der Waals surface area contributed by atoms with Crippen LogP contribution in [0.3, 0.4) is 0 Å². The van der Waals surface area contributed by atoms with Gasteiger partial charge < -0.3 is 4.74 Å². The smallest absolute Gasteiger partial charge is 0.231 e. The van der Waals surface area contributed by atoms with Gasteiger partial charge in [-0.15, -0.1) is 0 Å². The summed E-state index contributed by atoms with van der Waals surface area (Å²) in [5.41, 5.74) is 2.67. The molecule has 1 saturated heterocycles. The molecule has 0 spiro atoms. The van der Waals surface area contributed by atoms with Gasteiger partial charge in [-0.25, -0.2) is 5.01 Å². The van der Waals surface area contributed by atoms with Gasteiger partial charge in [-0.2, -0.15) is 0 Å². The number of nitrogens with zero attached hydrogens (tertiary/aromatic N) is 1. The zero-order valence-electron chi connectivity index (χ0n) is 8.69. The molecule has 3 aliphatic rings. The maximum Gasteiger partial charge on any atom is 0.231 e. The van der Waals surface area contributed by atoms with Crippen LogP contribution in [0.5, 0.6) is 11.5 Å². The maximum atomic E-state index is 10.3. The van der Waals surface area contributed by atoms with Crippen LogP contribution in [0.2, 0.25) is 0 Å². The van der Waals surface area contributed by atoms with Crippen LogP contribution in [-0.4, -0.2) is 24.0 Å². The largest absolute Gasteiger partial charge is 0.457 e. The minimum Gasteiger partial charge on any atom is -0.457 e. The lowest BCUT2D eigenvalue weighted by atomic mass is 10.2. The third-order valence-electron chi connectivity index (χ3n) is 2.21. The van der Waals surface area contributed by atoms with E-state index in [1.54, 1.807) is 0 Å². The fourth-order valence-corrected chi connectivity index (χ4v) is 1.33. The van der Waals surface area contributed by atoms with Gasteiger partial charge in [0.2, 0.25) is 5.91 Å². The van der Waals surface area contributed by atoms with E-state index in [0.29, 0.717) is 0 Å². The zero-order chi connectivity index (χ0) is 10.7. The Kier molecular flexibility index (Phi) is 2.87. The highest BCUT2D eigenvalue weighted by molar-refractivity contribution is 5.72. The second-order valence-corrected chi connectivity index (χ2v) is 3.59. The number of rotatable bonds is 1. The normalized spacial score (nSPS) is 16.1. The number of benzene rings is 1. The average Bonchev–Trinajstić information content (AvgIpc) is 2.13. The summed E-state index contributed by atoms with van der Waals surface area (Å²) in [5.74, 6) is 2.00. The first-order valence-electron chi connectivity index (χ1n) is 5.04. The van der Waals surface area contributed by atoms with Crippen LogP contribution in [0, 0.1) is 0 Å². The van der Waals surface area contributed by atoms with E-state index in [1.165, 1.54) is 13.3 Å². The highest BCUT2D eigenvalue weighted by Gasteiger charge is 2.13. The molecule has 1 aromatic carbocycles. The van der Waals surface area contributed by atoms with E-state index in [2.05, 4.69) is 5.43 Å². The minimum atomic E-state index is 0.0321. The Balaban J connectivity index is 0.000000114. The van der Waals surface area contributed by atoms with E-state index in [1.807, 2.05) is 29.3 Å². The Hall–Kier alpha value is -1.55. The number of fused-ring (bicyclic) bond motifs is 2. The fraction of sp³-hybridized carbons (Fsp3) is 0.364. The molecule has 1 N–H and O–H groups in total. The summed E-state index contributed by atoms with van der Waals surface area (Å²) in [5, 5.41) is 1.91. The molecule has 1 aromatic rings. The summed E-state index contributed by atoms with van der Waals surface area (Å²) in [6, 6.07) is 7.86. The summed E-state index contributed by atoms with van der Waals surface area (Å²) >= 11 is 0. The Bertz CT molecular complexity index is 337. The first-order valence-corrected chi connectivity index (χ1v) is 5.04. The van der Waals surface area contributed by atoms with Gasteiger partial charge in [-0.3, -0.25) is 10.2 Å². The van der Waals surface area contributed by atoms with Gasteiger partial charge in [0, 0.05) is 26.1 Å². The van der Waals surface area contributed by atoms with Crippen molar-refractivity contribution < 1.29 is 9.53 Å². The van der Waals surface area contributed by atoms with Gasteiger partial charge in [-0.1, -0.05) is 6.07 Å².